The Balaban J connectivity index is 2.15. The molecule has 0 radical (unpaired) electrons. The van der Waals surface area contributed by atoms with Gasteiger partial charge in [0.25, 0.3) is 0 Å². The number of aliphatic hydroxyl groups excluding tert-OH is 1. The van der Waals surface area contributed by atoms with E-state index in [1.165, 1.54) is 0 Å². The van der Waals surface area contributed by atoms with Crippen LogP contribution in [-0.2, 0) is 19.1 Å². The van der Waals surface area contributed by atoms with Gasteiger partial charge in [-0.3, -0.25) is 14.4 Å². The Bertz CT molecular complexity index is 895. The summed E-state index contributed by atoms with van der Waals surface area (Å²) in [6.45, 7) is 20.6. The minimum absolute atomic E-state index is 0.0185. The Morgan fingerprint density at radius 3 is 2.42 bits per heavy atom. The van der Waals surface area contributed by atoms with E-state index >= 15 is 0 Å². The van der Waals surface area contributed by atoms with Crippen LogP contribution in [0.15, 0.2) is 12.7 Å². The quantitative estimate of drug-likeness (QED) is 0.344. The summed E-state index contributed by atoms with van der Waals surface area (Å²) in [6.07, 6.45) is 4.45. The zero-order valence-electron chi connectivity index (χ0n) is 23.4. The monoisotopic (exact) mass is 522 g/mol. The van der Waals surface area contributed by atoms with Gasteiger partial charge >= 0.3 is 5.97 Å². The smallest absolute Gasteiger partial charge is 0.311 e. The van der Waals surface area contributed by atoms with E-state index < -0.39 is 39.0 Å². The largest absolute Gasteiger partial charge is 0.466 e. The minimum atomic E-state index is -0.752. The second-order valence-electron chi connectivity index (χ2n) is 12.8. The van der Waals surface area contributed by atoms with Gasteiger partial charge in [0.1, 0.15) is 6.04 Å². The van der Waals surface area contributed by atoms with Crippen molar-refractivity contribution in [3.05, 3.63) is 12.7 Å². The second-order valence-corrected chi connectivity index (χ2v) is 14.7. The van der Waals surface area contributed by atoms with Crippen LogP contribution in [0.4, 0.5) is 0 Å². The molecule has 3 fully saturated rings. The van der Waals surface area contributed by atoms with Gasteiger partial charge < -0.3 is 19.6 Å². The number of esters is 1. The number of aliphatic hydroxyl groups is 1. The van der Waals surface area contributed by atoms with Gasteiger partial charge in [-0.1, -0.05) is 33.8 Å². The third kappa shape index (κ3) is 4.61. The molecule has 1 N–H and O–H groups in total. The molecule has 204 valence electrons. The first-order valence-electron chi connectivity index (χ1n) is 13.4. The van der Waals surface area contributed by atoms with Crippen LogP contribution >= 0.6 is 11.8 Å². The Morgan fingerprint density at radius 2 is 1.92 bits per heavy atom. The van der Waals surface area contributed by atoms with Gasteiger partial charge in [-0.2, -0.15) is 0 Å². The average Bonchev–Trinajstić information content (AvgIpc) is 3.32. The van der Waals surface area contributed by atoms with Crippen molar-refractivity contribution in [2.75, 3.05) is 19.8 Å². The maximum Gasteiger partial charge on any atom is 0.311 e. The van der Waals surface area contributed by atoms with E-state index in [1.807, 2.05) is 18.7 Å². The van der Waals surface area contributed by atoms with Gasteiger partial charge in [0.2, 0.25) is 11.8 Å². The molecule has 3 aliphatic heterocycles. The first kappa shape index (κ1) is 29.0. The highest BCUT2D eigenvalue weighted by Crippen LogP contribution is 2.72. The van der Waals surface area contributed by atoms with Gasteiger partial charge in [0.15, 0.2) is 0 Å². The molecule has 8 heteroatoms. The summed E-state index contributed by atoms with van der Waals surface area (Å²) >= 11 is 1.64. The lowest BCUT2D eigenvalue weighted by atomic mass is 9.66. The van der Waals surface area contributed by atoms with E-state index in [9.17, 15) is 19.5 Å². The molecule has 2 unspecified atom stereocenters. The molecule has 3 heterocycles. The van der Waals surface area contributed by atoms with Crippen LogP contribution in [0.1, 0.15) is 81.1 Å². The third-order valence-electron chi connectivity index (χ3n) is 8.34. The summed E-state index contributed by atoms with van der Waals surface area (Å²) in [4.78, 5) is 45.5. The standard InChI is InChI=1S/C28H46N2O5S/c1-10-15-29(26(7,8)17-25(4,5)6)23(33)21-28-14-13-27(9,36-28)20(24(34)35-12-3)19(28)22(32)30(21)18(11-2)16-31/h10,18-21,31H,1,11-17H2,2-9H3/t18-,19-,20-,21?,27+,28?/m0/s1. The molecule has 0 aromatic carbocycles. The van der Waals surface area contributed by atoms with Crippen molar-refractivity contribution in [1.82, 2.24) is 9.80 Å². The summed E-state index contributed by atoms with van der Waals surface area (Å²) in [7, 11) is 0. The van der Waals surface area contributed by atoms with Gasteiger partial charge in [-0.25, -0.2) is 0 Å². The maximum absolute atomic E-state index is 14.7. The third-order valence-corrected chi connectivity index (χ3v) is 10.3. The molecule has 0 aromatic heterocycles. The molecule has 6 atom stereocenters. The summed E-state index contributed by atoms with van der Waals surface area (Å²) < 4.78 is 4.28. The fourth-order valence-electron chi connectivity index (χ4n) is 7.35. The molecule has 3 rings (SSSR count). The van der Waals surface area contributed by atoms with Crippen LogP contribution in [0.5, 0.6) is 0 Å². The first-order valence-corrected chi connectivity index (χ1v) is 14.2. The van der Waals surface area contributed by atoms with Gasteiger partial charge in [0, 0.05) is 16.8 Å². The zero-order chi connectivity index (χ0) is 27.3. The molecule has 1 spiro atoms. The second kappa shape index (κ2) is 9.97. The molecule has 3 saturated heterocycles. The molecule has 7 nitrogen and oxygen atoms in total. The fourth-order valence-corrected chi connectivity index (χ4v) is 9.67. The number of fused-ring (bicyclic) bond motifs is 1. The molecule has 2 amide bonds. The number of nitrogens with zero attached hydrogens (tertiary/aromatic N) is 2. The van der Waals surface area contributed by atoms with E-state index in [0.29, 0.717) is 19.4 Å². The maximum atomic E-state index is 14.7. The molecule has 2 bridgehead atoms. The van der Waals surface area contributed by atoms with E-state index in [0.717, 1.165) is 12.8 Å². The summed E-state index contributed by atoms with van der Waals surface area (Å²) in [5, 5.41) is 10.3. The van der Waals surface area contributed by atoms with Crippen LogP contribution in [0.3, 0.4) is 0 Å². The minimum Gasteiger partial charge on any atom is -0.466 e. The van der Waals surface area contributed by atoms with E-state index in [2.05, 4.69) is 41.2 Å². The molecule has 0 aromatic rings. The molecule has 36 heavy (non-hydrogen) atoms. The van der Waals surface area contributed by atoms with Crippen molar-refractivity contribution < 1.29 is 24.2 Å². The Hall–Kier alpha value is -1.54. The average molecular weight is 523 g/mol. The fraction of sp³-hybridized carbons (Fsp3) is 0.821. The lowest BCUT2D eigenvalue weighted by Crippen LogP contribution is -2.61. The van der Waals surface area contributed by atoms with E-state index in [4.69, 9.17) is 4.74 Å². The number of rotatable bonds is 10. The van der Waals surface area contributed by atoms with Gasteiger partial charge in [-0.05, 0) is 58.8 Å². The number of likely N-dealkylation sites (tertiary alicyclic amines) is 1. The number of ether oxygens (including phenoxy) is 1. The Labute approximate surface area is 221 Å². The van der Waals surface area contributed by atoms with Crippen LogP contribution in [0, 0.1) is 17.3 Å². The molecular formula is C28H46N2O5S. The van der Waals surface area contributed by atoms with Crippen molar-refractivity contribution in [1.29, 1.82) is 0 Å². The number of carbonyl (C=O) groups excluding carboxylic acids is 3. The number of hydrogen-bond donors (Lipinski definition) is 1. The predicted molar refractivity (Wildman–Crippen MR) is 143 cm³/mol. The lowest BCUT2D eigenvalue weighted by Gasteiger charge is -2.46. The number of carbonyl (C=O) groups is 3. The summed E-state index contributed by atoms with van der Waals surface area (Å²) in [6, 6.07) is -1.24. The Kier molecular flexibility index (Phi) is 8.04. The Morgan fingerprint density at radius 1 is 1.28 bits per heavy atom. The highest BCUT2D eigenvalue weighted by Gasteiger charge is 2.78. The van der Waals surface area contributed by atoms with Crippen LogP contribution in [-0.4, -0.2) is 79.6 Å². The topological polar surface area (TPSA) is 87.2 Å². The highest BCUT2D eigenvalue weighted by atomic mass is 32.2. The summed E-state index contributed by atoms with van der Waals surface area (Å²) in [5.74, 6) is -1.90. The van der Waals surface area contributed by atoms with E-state index in [1.54, 1.807) is 29.7 Å². The van der Waals surface area contributed by atoms with Crippen molar-refractivity contribution in [3.8, 4) is 0 Å². The van der Waals surface area contributed by atoms with Crippen LogP contribution < -0.4 is 0 Å². The van der Waals surface area contributed by atoms with Crippen molar-refractivity contribution in [2.24, 2.45) is 17.3 Å². The highest BCUT2D eigenvalue weighted by molar-refractivity contribution is 8.02. The predicted octanol–water partition coefficient (Wildman–Crippen LogP) is 4.03. The first-order chi connectivity index (χ1) is 16.6. The lowest BCUT2D eigenvalue weighted by molar-refractivity contribution is -0.155. The van der Waals surface area contributed by atoms with Crippen molar-refractivity contribution in [3.63, 3.8) is 0 Å². The molecule has 0 aliphatic carbocycles. The van der Waals surface area contributed by atoms with Crippen molar-refractivity contribution in [2.45, 2.75) is 108 Å². The van der Waals surface area contributed by atoms with E-state index in [-0.39, 0.29) is 36.4 Å². The van der Waals surface area contributed by atoms with Crippen molar-refractivity contribution >= 4 is 29.5 Å². The number of amides is 2. The molecule has 3 aliphatic rings. The number of hydrogen-bond acceptors (Lipinski definition) is 6. The normalized spacial score (nSPS) is 32.4. The summed E-state index contributed by atoms with van der Waals surface area (Å²) in [5.41, 5.74) is -0.505. The van der Waals surface area contributed by atoms with Gasteiger partial charge in [0.05, 0.1) is 35.8 Å². The van der Waals surface area contributed by atoms with Gasteiger partial charge in [-0.15, -0.1) is 18.3 Å². The number of thioether (sulfide) groups is 1. The molecular weight excluding hydrogens is 476 g/mol. The van der Waals surface area contributed by atoms with Crippen LogP contribution in [0.2, 0.25) is 0 Å². The SMILES string of the molecule is C=CCN(C(=O)C1N([C@@H](CC)CO)C(=O)[C@@H]2[C@@H](C(=O)OCC)[C@@]3(C)CCC12S3)C(C)(C)CC(C)(C)C. The van der Waals surface area contributed by atoms with Crippen LogP contribution in [0.25, 0.3) is 0 Å². The molecule has 0 saturated carbocycles. The zero-order valence-corrected chi connectivity index (χ0v) is 24.2.